The van der Waals surface area contributed by atoms with E-state index >= 15 is 0 Å². The van der Waals surface area contributed by atoms with Crippen LogP contribution in [0.4, 0.5) is 5.69 Å². The van der Waals surface area contributed by atoms with Crippen LogP contribution in [0.15, 0.2) is 84.2 Å². The van der Waals surface area contributed by atoms with Crippen LogP contribution in [0.3, 0.4) is 0 Å². The predicted molar refractivity (Wildman–Crippen MR) is 134 cm³/mol. The Morgan fingerprint density at radius 2 is 1.44 bits per heavy atom. The second-order valence-corrected chi connectivity index (χ2v) is 9.07. The van der Waals surface area contributed by atoms with Crippen molar-refractivity contribution < 1.29 is 14.4 Å². The van der Waals surface area contributed by atoms with Crippen LogP contribution in [0.5, 0.6) is 0 Å². The summed E-state index contributed by atoms with van der Waals surface area (Å²) in [7, 11) is 0. The second kappa shape index (κ2) is 9.49. The number of fused-ring (bicyclic) bond motifs is 1. The normalized spacial score (nSPS) is 13.6. The molecule has 0 aliphatic carbocycles. The van der Waals surface area contributed by atoms with Gasteiger partial charge in [-0.25, -0.2) is 0 Å². The van der Waals surface area contributed by atoms with Gasteiger partial charge in [-0.1, -0.05) is 48.5 Å². The Morgan fingerprint density at radius 3 is 2.21 bits per heavy atom. The standard InChI is InChI=1S/C27H23N3O3S/c31-25(24-12-5-17-34-24)28-21-9-3-8-20(18-21)26(32)29-13-15-30(16-14-29)27(33)23-11-4-7-19-6-1-2-10-22(19)23/h1-12,17-18H,13-16H2,(H,28,31). The third-order valence-corrected chi connectivity index (χ3v) is 6.86. The Balaban J connectivity index is 1.24. The van der Waals surface area contributed by atoms with Crippen LogP contribution in [-0.2, 0) is 0 Å². The van der Waals surface area contributed by atoms with Gasteiger partial charge in [-0.15, -0.1) is 11.3 Å². The van der Waals surface area contributed by atoms with Gasteiger partial charge in [-0.05, 0) is 46.5 Å². The smallest absolute Gasteiger partial charge is 0.265 e. The minimum atomic E-state index is -0.194. The van der Waals surface area contributed by atoms with E-state index in [0.717, 1.165) is 10.8 Å². The molecule has 1 N–H and O–H groups in total. The summed E-state index contributed by atoms with van der Waals surface area (Å²) in [6, 6.07) is 24.2. The van der Waals surface area contributed by atoms with Crippen molar-refractivity contribution in [1.29, 1.82) is 0 Å². The molecular formula is C27H23N3O3S. The number of anilines is 1. The third kappa shape index (κ3) is 4.43. The van der Waals surface area contributed by atoms with Gasteiger partial charge in [0.15, 0.2) is 0 Å². The highest BCUT2D eigenvalue weighted by Gasteiger charge is 2.26. The van der Waals surface area contributed by atoms with Gasteiger partial charge < -0.3 is 15.1 Å². The van der Waals surface area contributed by atoms with Gasteiger partial charge in [-0.2, -0.15) is 0 Å². The molecule has 3 aromatic carbocycles. The molecule has 170 valence electrons. The summed E-state index contributed by atoms with van der Waals surface area (Å²) in [6.45, 7) is 1.87. The minimum Gasteiger partial charge on any atom is -0.335 e. The number of benzene rings is 3. The molecule has 3 amide bonds. The van der Waals surface area contributed by atoms with Gasteiger partial charge in [0, 0.05) is 43.0 Å². The van der Waals surface area contributed by atoms with Crippen LogP contribution in [0.25, 0.3) is 10.8 Å². The van der Waals surface area contributed by atoms with Gasteiger partial charge in [0.05, 0.1) is 4.88 Å². The number of carbonyl (C=O) groups excluding carboxylic acids is 3. The molecule has 2 heterocycles. The van der Waals surface area contributed by atoms with Crippen molar-refractivity contribution in [2.75, 3.05) is 31.5 Å². The van der Waals surface area contributed by atoms with Crippen LogP contribution in [0.1, 0.15) is 30.4 Å². The SMILES string of the molecule is O=C(Nc1cccc(C(=O)N2CCN(C(=O)c3cccc4ccccc34)CC2)c1)c1cccs1. The van der Waals surface area contributed by atoms with Gasteiger partial charge in [-0.3, -0.25) is 14.4 Å². The molecule has 1 aliphatic rings. The molecule has 34 heavy (non-hydrogen) atoms. The quantitative estimate of drug-likeness (QED) is 0.469. The van der Waals surface area contributed by atoms with E-state index in [0.29, 0.717) is 47.9 Å². The summed E-state index contributed by atoms with van der Waals surface area (Å²) < 4.78 is 0. The number of hydrogen-bond acceptors (Lipinski definition) is 4. The molecule has 5 rings (SSSR count). The van der Waals surface area contributed by atoms with Crippen LogP contribution < -0.4 is 5.32 Å². The van der Waals surface area contributed by atoms with Crippen LogP contribution in [0.2, 0.25) is 0 Å². The molecule has 0 atom stereocenters. The molecule has 0 spiro atoms. The molecule has 0 unspecified atom stereocenters. The number of nitrogens with zero attached hydrogens (tertiary/aromatic N) is 2. The van der Waals surface area contributed by atoms with Crippen molar-refractivity contribution in [1.82, 2.24) is 9.80 Å². The van der Waals surface area contributed by atoms with Crippen molar-refractivity contribution in [3.05, 3.63) is 100 Å². The molecule has 0 radical (unpaired) electrons. The van der Waals surface area contributed by atoms with E-state index in [1.807, 2.05) is 58.8 Å². The molecule has 1 saturated heterocycles. The zero-order valence-corrected chi connectivity index (χ0v) is 19.3. The number of rotatable bonds is 4. The first-order valence-electron chi connectivity index (χ1n) is 11.1. The lowest BCUT2D eigenvalue weighted by molar-refractivity contribution is 0.0536. The first-order valence-corrected chi connectivity index (χ1v) is 12.0. The molecule has 7 heteroatoms. The van der Waals surface area contributed by atoms with Crippen molar-refractivity contribution in [3.8, 4) is 0 Å². The molecule has 4 aromatic rings. The van der Waals surface area contributed by atoms with Gasteiger partial charge >= 0.3 is 0 Å². The Hall–Kier alpha value is -3.97. The highest BCUT2D eigenvalue weighted by Crippen LogP contribution is 2.21. The largest absolute Gasteiger partial charge is 0.335 e. The first kappa shape index (κ1) is 21.9. The maximum atomic E-state index is 13.2. The maximum Gasteiger partial charge on any atom is 0.265 e. The lowest BCUT2D eigenvalue weighted by Crippen LogP contribution is -2.50. The molecule has 0 bridgehead atoms. The van der Waals surface area contributed by atoms with E-state index in [-0.39, 0.29) is 17.7 Å². The first-order chi connectivity index (χ1) is 16.6. The van der Waals surface area contributed by atoms with Crippen molar-refractivity contribution in [2.24, 2.45) is 0 Å². The van der Waals surface area contributed by atoms with Crippen molar-refractivity contribution in [2.45, 2.75) is 0 Å². The summed E-state index contributed by atoms with van der Waals surface area (Å²) in [5.41, 5.74) is 1.78. The average Bonchev–Trinajstić information content (AvgIpc) is 3.43. The number of amides is 3. The van der Waals surface area contributed by atoms with E-state index in [1.165, 1.54) is 11.3 Å². The molecule has 1 fully saturated rings. The molecule has 6 nitrogen and oxygen atoms in total. The van der Waals surface area contributed by atoms with Crippen LogP contribution >= 0.6 is 11.3 Å². The van der Waals surface area contributed by atoms with E-state index in [2.05, 4.69) is 5.32 Å². The fourth-order valence-corrected chi connectivity index (χ4v) is 4.83. The number of piperazine rings is 1. The Bertz CT molecular complexity index is 1350. The number of carbonyl (C=O) groups is 3. The third-order valence-electron chi connectivity index (χ3n) is 5.99. The summed E-state index contributed by atoms with van der Waals surface area (Å²) in [5.74, 6) is -0.313. The Kier molecular flexibility index (Phi) is 6.10. The topological polar surface area (TPSA) is 69.7 Å². The van der Waals surface area contributed by atoms with Crippen molar-refractivity contribution in [3.63, 3.8) is 0 Å². The lowest BCUT2D eigenvalue weighted by Gasteiger charge is -2.35. The minimum absolute atomic E-state index is 0.0119. The fraction of sp³-hybridized carbons (Fsp3) is 0.148. The number of nitrogens with one attached hydrogen (secondary N) is 1. The number of thiophene rings is 1. The van der Waals surface area contributed by atoms with Crippen LogP contribution in [0, 0.1) is 0 Å². The van der Waals surface area contributed by atoms with E-state index in [1.54, 1.807) is 35.2 Å². The summed E-state index contributed by atoms with van der Waals surface area (Å²) in [6.07, 6.45) is 0. The predicted octanol–water partition coefficient (Wildman–Crippen LogP) is 4.75. The Labute approximate surface area is 201 Å². The highest BCUT2D eigenvalue weighted by molar-refractivity contribution is 7.12. The Morgan fingerprint density at radius 1 is 0.735 bits per heavy atom. The summed E-state index contributed by atoms with van der Waals surface area (Å²) in [4.78, 5) is 42.8. The molecular weight excluding hydrogens is 446 g/mol. The molecule has 1 aromatic heterocycles. The lowest BCUT2D eigenvalue weighted by atomic mass is 10.0. The van der Waals surface area contributed by atoms with E-state index < -0.39 is 0 Å². The zero-order valence-electron chi connectivity index (χ0n) is 18.4. The highest BCUT2D eigenvalue weighted by atomic mass is 32.1. The summed E-state index contributed by atoms with van der Waals surface area (Å²) >= 11 is 1.37. The van der Waals surface area contributed by atoms with E-state index in [9.17, 15) is 14.4 Å². The monoisotopic (exact) mass is 469 g/mol. The summed E-state index contributed by atoms with van der Waals surface area (Å²) in [5, 5.41) is 6.67. The van der Waals surface area contributed by atoms with E-state index in [4.69, 9.17) is 0 Å². The van der Waals surface area contributed by atoms with Gasteiger partial charge in [0.2, 0.25) is 0 Å². The van der Waals surface area contributed by atoms with Gasteiger partial charge in [0.25, 0.3) is 17.7 Å². The van der Waals surface area contributed by atoms with Crippen LogP contribution in [-0.4, -0.2) is 53.7 Å². The average molecular weight is 470 g/mol. The number of hydrogen-bond donors (Lipinski definition) is 1. The molecule has 1 aliphatic heterocycles. The zero-order chi connectivity index (χ0) is 23.5. The van der Waals surface area contributed by atoms with Gasteiger partial charge in [0.1, 0.15) is 0 Å². The molecule has 0 saturated carbocycles. The van der Waals surface area contributed by atoms with Crippen molar-refractivity contribution >= 4 is 45.5 Å². The maximum absolute atomic E-state index is 13.2. The fourth-order valence-electron chi connectivity index (χ4n) is 4.21. The second-order valence-electron chi connectivity index (χ2n) is 8.12.